The van der Waals surface area contributed by atoms with Crippen molar-refractivity contribution in [1.82, 2.24) is 0 Å². The van der Waals surface area contributed by atoms with E-state index in [1.165, 1.54) is 0 Å². The summed E-state index contributed by atoms with van der Waals surface area (Å²) < 4.78 is 6.46. The molecule has 0 fully saturated rings. The highest BCUT2D eigenvalue weighted by Crippen LogP contribution is 2.33. The van der Waals surface area contributed by atoms with Gasteiger partial charge in [-0.1, -0.05) is 36.7 Å². The predicted octanol–water partition coefficient (Wildman–Crippen LogP) is 5.28. The summed E-state index contributed by atoms with van der Waals surface area (Å²) in [4.78, 5) is 0. The first-order valence-corrected chi connectivity index (χ1v) is 8.07. The molecule has 1 unspecified atom stereocenters. The molecule has 0 aliphatic rings. The summed E-state index contributed by atoms with van der Waals surface area (Å²) in [6.07, 6.45) is 0.249. The molecule has 0 bridgehead atoms. The zero-order valence-electron chi connectivity index (χ0n) is 12.1. The second-order valence-corrected chi connectivity index (χ2v) is 6.16. The minimum absolute atomic E-state index is 0.661. The highest BCUT2D eigenvalue weighted by Gasteiger charge is 2.15. The Balaban J connectivity index is 2.29. The van der Waals surface area contributed by atoms with Gasteiger partial charge in [-0.25, -0.2) is 0 Å². The van der Waals surface area contributed by atoms with Crippen LogP contribution in [0.5, 0.6) is 5.75 Å². The number of rotatable bonds is 5. The van der Waals surface area contributed by atoms with Gasteiger partial charge < -0.3 is 9.84 Å². The molecule has 1 N–H and O–H groups in total. The van der Waals surface area contributed by atoms with Gasteiger partial charge in [0, 0.05) is 5.02 Å². The fourth-order valence-electron chi connectivity index (χ4n) is 2.12. The number of benzene rings is 2. The predicted molar refractivity (Wildman–Crippen MR) is 90.2 cm³/mol. The zero-order chi connectivity index (χ0) is 15.4. The lowest BCUT2D eigenvalue weighted by Gasteiger charge is -2.16. The summed E-state index contributed by atoms with van der Waals surface area (Å²) in [5.74, 6) is 0.788. The smallest absolute Gasteiger partial charge is 0.133 e. The maximum Gasteiger partial charge on any atom is 0.133 e. The van der Waals surface area contributed by atoms with Crippen LogP contribution < -0.4 is 4.74 Å². The van der Waals surface area contributed by atoms with Crippen LogP contribution in [0.1, 0.15) is 36.1 Å². The number of aliphatic hydroxyl groups is 1. The molecule has 2 aromatic rings. The van der Waals surface area contributed by atoms with Crippen LogP contribution in [0, 0.1) is 6.92 Å². The van der Waals surface area contributed by atoms with Crippen LogP contribution in [-0.2, 0) is 0 Å². The van der Waals surface area contributed by atoms with Gasteiger partial charge >= 0.3 is 0 Å². The van der Waals surface area contributed by atoms with E-state index in [9.17, 15) is 5.11 Å². The van der Waals surface area contributed by atoms with Crippen molar-refractivity contribution in [2.75, 3.05) is 6.61 Å². The zero-order valence-corrected chi connectivity index (χ0v) is 14.4. The second-order valence-electron chi connectivity index (χ2n) is 4.89. The third-order valence-electron chi connectivity index (χ3n) is 3.34. The summed E-state index contributed by atoms with van der Waals surface area (Å²) in [5, 5.41) is 11.2. The van der Waals surface area contributed by atoms with Crippen LogP contribution in [0.15, 0.2) is 40.9 Å². The quantitative estimate of drug-likeness (QED) is 0.777. The largest absolute Gasteiger partial charge is 0.492 e. The van der Waals surface area contributed by atoms with Gasteiger partial charge in [-0.2, -0.15) is 0 Å². The van der Waals surface area contributed by atoms with Crippen LogP contribution in [-0.4, -0.2) is 11.7 Å². The Morgan fingerprint density at radius 3 is 2.71 bits per heavy atom. The second kappa shape index (κ2) is 7.30. The summed E-state index contributed by atoms with van der Waals surface area (Å²) in [6.45, 7) is 4.65. The van der Waals surface area contributed by atoms with Gasteiger partial charge in [0.15, 0.2) is 0 Å². The normalized spacial score (nSPS) is 12.2. The fourth-order valence-corrected chi connectivity index (χ4v) is 2.81. The average molecular weight is 370 g/mol. The van der Waals surface area contributed by atoms with Gasteiger partial charge in [-0.05, 0) is 64.2 Å². The number of hydrogen-bond acceptors (Lipinski definition) is 2. The summed E-state index contributed by atoms with van der Waals surface area (Å²) in [5.41, 5.74) is 2.52. The van der Waals surface area contributed by atoms with Crippen molar-refractivity contribution in [2.24, 2.45) is 0 Å². The Hall–Kier alpha value is -1.03. The highest BCUT2D eigenvalue weighted by molar-refractivity contribution is 9.10. The molecule has 0 saturated heterocycles. The number of aliphatic hydroxyl groups excluding tert-OH is 1. The third kappa shape index (κ3) is 3.79. The van der Waals surface area contributed by atoms with Crippen LogP contribution >= 0.6 is 27.5 Å². The molecule has 2 aromatic carbocycles. The molecule has 0 aromatic heterocycles. The van der Waals surface area contributed by atoms with Crippen LogP contribution in [0.2, 0.25) is 5.02 Å². The highest BCUT2D eigenvalue weighted by atomic mass is 79.9. The van der Waals surface area contributed by atoms with Crippen molar-refractivity contribution < 1.29 is 9.84 Å². The molecule has 0 spiro atoms. The molecule has 2 nitrogen and oxygen atoms in total. The summed E-state index contributed by atoms with van der Waals surface area (Å²) >= 11 is 9.61. The van der Waals surface area contributed by atoms with Crippen LogP contribution in [0.4, 0.5) is 0 Å². The molecule has 0 aliphatic carbocycles. The maximum absolute atomic E-state index is 10.6. The standard InChI is InChI=1S/C17H18BrClO2/c1-3-9-21-16-8-7-12(10-14(16)18)17(20)13-5-4-6-15(19)11(13)2/h4-8,10,17,20H,3,9H2,1-2H3. The van der Waals surface area contributed by atoms with E-state index in [0.717, 1.165) is 33.3 Å². The first kappa shape index (κ1) is 16.3. The fraction of sp³-hybridized carbons (Fsp3) is 0.294. The van der Waals surface area contributed by atoms with E-state index >= 15 is 0 Å². The van der Waals surface area contributed by atoms with Crippen LogP contribution in [0.3, 0.4) is 0 Å². The summed E-state index contributed by atoms with van der Waals surface area (Å²) in [7, 11) is 0. The minimum Gasteiger partial charge on any atom is -0.492 e. The van der Waals surface area contributed by atoms with Gasteiger partial charge in [0.25, 0.3) is 0 Å². The molecular weight excluding hydrogens is 352 g/mol. The first-order valence-electron chi connectivity index (χ1n) is 6.90. The van der Waals surface area contributed by atoms with Crippen molar-refractivity contribution in [3.63, 3.8) is 0 Å². The topological polar surface area (TPSA) is 29.5 Å². The Morgan fingerprint density at radius 2 is 2.05 bits per heavy atom. The average Bonchev–Trinajstić information content (AvgIpc) is 2.48. The van der Waals surface area contributed by atoms with Gasteiger partial charge in [0.1, 0.15) is 11.9 Å². The molecule has 21 heavy (non-hydrogen) atoms. The van der Waals surface area contributed by atoms with Gasteiger partial charge in [-0.15, -0.1) is 0 Å². The molecule has 4 heteroatoms. The third-order valence-corrected chi connectivity index (χ3v) is 4.37. The van der Waals surface area contributed by atoms with E-state index < -0.39 is 6.10 Å². The van der Waals surface area contributed by atoms with E-state index in [1.54, 1.807) is 0 Å². The molecule has 1 atom stereocenters. The SMILES string of the molecule is CCCOc1ccc(C(O)c2cccc(Cl)c2C)cc1Br. The molecule has 0 saturated carbocycles. The van der Waals surface area contributed by atoms with Crippen molar-refractivity contribution >= 4 is 27.5 Å². The van der Waals surface area contributed by atoms with Crippen molar-refractivity contribution in [1.29, 1.82) is 0 Å². The van der Waals surface area contributed by atoms with E-state index in [1.807, 2.05) is 43.3 Å². The number of ether oxygens (including phenoxy) is 1. The van der Waals surface area contributed by atoms with Gasteiger partial charge in [0.05, 0.1) is 11.1 Å². The summed E-state index contributed by atoms with van der Waals surface area (Å²) in [6, 6.07) is 11.2. The first-order chi connectivity index (χ1) is 10.0. The molecule has 0 amide bonds. The van der Waals surface area contributed by atoms with E-state index in [2.05, 4.69) is 22.9 Å². The lowest BCUT2D eigenvalue weighted by molar-refractivity contribution is 0.219. The van der Waals surface area contributed by atoms with E-state index in [4.69, 9.17) is 16.3 Å². The van der Waals surface area contributed by atoms with Crippen molar-refractivity contribution in [2.45, 2.75) is 26.4 Å². The van der Waals surface area contributed by atoms with Gasteiger partial charge in [0.2, 0.25) is 0 Å². The Labute approximate surface area is 138 Å². The molecule has 112 valence electrons. The monoisotopic (exact) mass is 368 g/mol. The number of halogens is 2. The maximum atomic E-state index is 10.6. The van der Waals surface area contributed by atoms with Crippen molar-refractivity contribution in [3.05, 3.63) is 62.6 Å². The lowest BCUT2D eigenvalue weighted by atomic mass is 9.97. The Morgan fingerprint density at radius 1 is 1.29 bits per heavy atom. The molecule has 0 aliphatic heterocycles. The van der Waals surface area contributed by atoms with Crippen LogP contribution in [0.25, 0.3) is 0 Å². The molecule has 0 radical (unpaired) electrons. The molecule has 2 rings (SSSR count). The Kier molecular flexibility index (Phi) is 5.68. The van der Waals surface area contributed by atoms with E-state index in [-0.39, 0.29) is 0 Å². The molecule has 0 heterocycles. The van der Waals surface area contributed by atoms with Gasteiger partial charge in [-0.3, -0.25) is 0 Å². The minimum atomic E-state index is -0.708. The lowest BCUT2D eigenvalue weighted by Crippen LogP contribution is -2.03. The number of hydrogen-bond donors (Lipinski definition) is 1. The van der Waals surface area contributed by atoms with E-state index in [0.29, 0.717) is 11.6 Å². The Bertz CT molecular complexity index is 628. The molecular formula is C17H18BrClO2. The van der Waals surface area contributed by atoms with Crippen molar-refractivity contribution in [3.8, 4) is 5.75 Å².